The highest BCUT2D eigenvalue weighted by Gasteiger charge is 2.54. The van der Waals surface area contributed by atoms with Gasteiger partial charge in [0, 0.05) is 0 Å². The topological polar surface area (TPSA) is 76.1 Å². The molecule has 0 amide bonds. The Bertz CT molecular complexity index is 1010. The average Bonchev–Trinajstić information content (AvgIpc) is 3.36. The molecule has 1 heterocycles. The number of oxazole rings is 1. The molecule has 3 aromatic rings. The molecule has 1 aliphatic rings. The number of hydrogen-bond acceptors (Lipinski definition) is 5. The standard InChI is InChI=1S/C21H18N2O3/c1-13-7-8-14(11-18(13)25-2)21(9-10-21)19(24)15(12-22)20-23-16-5-3-4-6-17(16)26-20/h3-8,11,15H,9-10H2,1-2H3. The normalized spacial score (nSPS) is 16.0. The van der Waals surface area contributed by atoms with E-state index in [4.69, 9.17) is 9.15 Å². The number of carbonyl (C=O) groups is 1. The van der Waals surface area contributed by atoms with Gasteiger partial charge in [-0.1, -0.05) is 24.3 Å². The fourth-order valence-electron chi connectivity index (χ4n) is 3.44. The molecular formula is C21H18N2O3. The molecule has 0 radical (unpaired) electrons. The first-order valence-electron chi connectivity index (χ1n) is 8.53. The molecule has 1 saturated carbocycles. The minimum atomic E-state index is -1.02. The number of methoxy groups -OCH3 is 1. The van der Waals surface area contributed by atoms with E-state index in [2.05, 4.69) is 11.1 Å². The van der Waals surface area contributed by atoms with Gasteiger partial charge >= 0.3 is 0 Å². The number of aryl methyl sites for hydroxylation is 1. The Morgan fingerprint density at radius 2 is 2.08 bits per heavy atom. The second-order valence-corrected chi connectivity index (χ2v) is 6.71. The van der Waals surface area contributed by atoms with Crippen molar-refractivity contribution in [3.8, 4) is 11.8 Å². The van der Waals surface area contributed by atoms with E-state index in [0.717, 1.165) is 29.7 Å². The molecule has 0 bridgehead atoms. The zero-order valence-corrected chi connectivity index (χ0v) is 14.7. The number of ketones is 1. The molecule has 1 fully saturated rings. The number of nitrogens with zero attached hydrogens (tertiary/aromatic N) is 2. The van der Waals surface area contributed by atoms with E-state index < -0.39 is 11.3 Å². The summed E-state index contributed by atoms with van der Waals surface area (Å²) in [5.74, 6) is -0.254. The van der Waals surface area contributed by atoms with Crippen molar-refractivity contribution >= 4 is 16.9 Å². The Hall–Kier alpha value is -3.13. The maximum atomic E-state index is 13.3. The van der Waals surface area contributed by atoms with Crippen LogP contribution in [0.5, 0.6) is 5.75 Å². The second kappa shape index (κ2) is 5.99. The first-order valence-corrected chi connectivity index (χ1v) is 8.53. The summed E-state index contributed by atoms with van der Waals surface area (Å²) in [7, 11) is 1.61. The van der Waals surface area contributed by atoms with Gasteiger partial charge in [-0.2, -0.15) is 5.26 Å². The molecular weight excluding hydrogens is 328 g/mol. The fraction of sp³-hybridized carbons (Fsp3) is 0.286. The van der Waals surface area contributed by atoms with Gasteiger partial charge in [0.05, 0.1) is 18.6 Å². The van der Waals surface area contributed by atoms with Crippen LogP contribution in [0.4, 0.5) is 0 Å². The molecule has 0 spiro atoms. The number of ether oxygens (including phenoxy) is 1. The summed E-state index contributed by atoms with van der Waals surface area (Å²) in [5.41, 5.74) is 2.48. The van der Waals surface area contributed by atoms with E-state index in [1.165, 1.54) is 0 Å². The monoisotopic (exact) mass is 346 g/mol. The number of nitriles is 1. The number of rotatable bonds is 5. The van der Waals surface area contributed by atoms with Gasteiger partial charge in [-0.05, 0) is 49.1 Å². The predicted molar refractivity (Wildman–Crippen MR) is 96.0 cm³/mol. The summed E-state index contributed by atoms with van der Waals surface area (Å²) in [6.45, 7) is 1.96. The largest absolute Gasteiger partial charge is 0.496 e. The lowest BCUT2D eigenvalue weighted by molar-refractivity contribution is -0.122. The van der Waals surface area contributed by atoms with Crippen molar-refractivity contribution in [1.29, 1.82) is 5.26 Å². The van der Waals surface area contributed by atoms with Gasteiger partial charge in [-0.15, -0.1) is 0 Å². The van der Waals surface area contributed by atoms with Crippen molar-refractivity contribution < 1.29 is 13.9 Å². The maximum absolute atomic E-state index is 13.3. The third kappa shape index (κ3) is 2.46. The van der Waals surface area contributed by atoms with Gasteiger partial charge in [0.1, 0.15) is 11.3 Å². The van der Waals surface area contributed by atoms with Crippen LogP contribution in [0.3, 0.4) is 0 Å². The maximum Gasteiger partial charge on any atom is 0.220 e. The van der Waals surface area contributed by atoms with Crippen LogP contribution in [0.1, 0.15) is 35.8 Å². The van der Waals surface area contributed by atoms with E-state index in [1.807, 2.05) is 37.3 Å². The minimum Gasteiger partial charge on any atom is -0.496 e. The molecule has 5 heteroatoms. The van der Waals surface area contributed by atoms with Crippen molar-refractivity contribution in [2.24, 2.45) is 0 Å². The molecule has 0 aliphatic heterocycles. The number of hydrogen-bond donors (Lipinski definition) is 0. The van der Waals surface area contributed by atoms with Crippen LogP contribution in [0.2, 0.25) is 0 Å². The molecule has 130 valence electrons. The highest BCUT2D eigenvalue weighted by molar-refractivity contribution is 5.99. The number of benzene rings is 2. The Morgan fingerprint density at radius 3 is 2.73 bits per heavy atom. The van der Waals surface area contributed by atoms with Crippen molar-refractivity contribution in [2.75, 3.05) is 7.11 Å². The number of Topliss-reactive ketones (excluding diaryl/α,β-unsaturated/α-hetero) is 1. The number of aromatic nitrogens is 1. The summed E-state index contributed by atoms with van der Waals surface area (Å²) in [6.07, 6.45) is 1.44. The average molecular weight is 346 g/mol. The molecule has 1 aromatic heterocycles. The van der Waals surface area contributed by atoms with Crippen LogP contribution in [-0.2, 0) is 10.2 Å². The zero-order chi connectivity index (χ0) is 18.3. The van der Waals surface area contributed by atoms with Crippen LogP contribution >= 0.6 is 0 Å². The van der Waals surface area contributed by atoms with Crippen LogP contribution in [-0.4, -0.2) is 17.9 Å². The molecule has 1 aliphatic carbocycles. The van der Waals surface area contributed by atoms with Gasteiger partial charge < -0.3 is 9.15 Å². The fourth-order valence-corrected chi connectivity index (χ4v) is 3.44. The Labute approximate surface area is 151 Å². The molecule has 4 rings (SSSR count). The Morgan fingerprint density at radius 1 is 1.31 bits per heavy atom. The minimum absolute atomic E-state index is 0.155. The van der Waals surface area contributed by atoms with Crippen LogP contribution < -0.4 is 4.74 Å². The first-order chi connectivity index (χ1) is 12.6. The first kappa shape index (κ1) is 16.3. The van der Waals surface area contributed by atoms with Crippen LogP contribution in [0.25, 0.3) is 11.1 Å². The van der Waals surface area contributed by atoms with Crippen molar-refractivity contribution in [3.63, 3.8) is 0 Å². The highest BCUT2D eigenvalue weighted by Crippen LogP contribution is 2.52. The van der Waals surface area contributed by atoms with Gasteiger partial charge in [-0.3, -0.25) is 4.79 Å². The van der Waals surface area contributed by atoms with Gasteiger partial charge in [0.2, 0.25) is 5.89 Å². The smallest absolute Gasteiger partial charge is 0.220 e. The van der Waals surface area contributed by atoms with Crippen molar-refractivity contribution in [1.82, 2.24) is 4.98 Å². The molecule has 1 atom stereocenters. The zero-order valence-electron chi connectivity index (χ0n) is 14.7. The third-order valence-corrected chi connectivity index (χ3v) is 5.13. The van der Waals surface area contributed by atoms with Crippen LogP contribution in [0, 0.1) is 18.3 Å². The third-order valence-electron chi connectivity index (χ3n) is 5.13. The molecule has 5 nitrogen and oxygen atoms in total. The molecule has 2 aromatic carbocycles. The van der Waals surface area contributed by atoms with E-state index in [0.29, 0.717) is 11.1 Å². The van der Waals surface area contributed by atoms with E-state index in [-0.39, 0.29) is 11.7 Å². The van der Waals surface area contributed by atoms with Crippen molar-refractivity contribution in [2.45, 2.75) is 31.1 Å². The lowest BCUT2D eigenvalue weighted by Crippen LogP contribution is -2.26. The van der Waals surface area contributed by atoms with E-state index in [1.54, 1.807) is 19.2 Å². The summed E-state index contributed by atoms with van der Waals surface area (Å²) in [6, 6.07) is 15.2. The van der Waals surface area contributed by atoms with Crippen LogP contribution in [0.15, 0.2) is 46.9 Å². The number of para-hydroxylation sites is 2. The Balaban J connectivity index is 1.72. The number of fused-ring (bicyclic) bond motifs is 1. The van der Waals surface area contributed by atoms with E-state index in [9.17, 15) is 10.1 Å². The quantitative estimate of drug-likeness (QED) is 0.696. The summed E-state index contributed by atoms with van der Waals surface area (Å²) < 4.78 is 11.1. The van der Waals surface area contributed by atoms with Gasteiger partial charge in [-0.25, -0.2) is 4.98 Å². The summed E-state index contributed by atoms with van der Waals surface area (Å²) in [4.78, 5) is 17.6. The molecule has 0 N–H and O–H groups in total. The molecule has 0 saturated heterocycles. The lowest BCUT2D eigenvalue weighted by Gasteiger charge is -2.18. The SMILES string of the molecule is COc1cc(C2(C(=O)C(C#N)c3nc4ccccc4o3)CC2)ccc1C. The lowest BCUT2D eigenvalue weighted by atomic mass is 9.84. The predicted octanol–water partition coefficient (Wildman–Crippen LogP) is 4.05. The van der Waals surface area contributed by atoms with Gasteiger partial charge in [0.25, 0.3) is 0 Å². The highest BCUT2D eigenvalue weighted by atomic mass is 16.5. The van der Waals surface area contributed by atoms with Crippen molar-refractivity contribution in [3.05, 3.63) is 59.5 Å². The summed E-state index contributed by atoms with van der Waals surface area (Å²) >= 11 is 0. The molecule has 26 heavy (non-hydrogen) atoms. The molecule has 1 unspecified atom stereocenters. The van der Waals surface area contributed by atoms with Gasteiger partial charge in [0.15, 0.2) is 17.3 Å². The summed E-state index contributed by atoms with van der Waals surface area (Å²) in [5, 5.41) is 9.66. The Kier molecular flexibility index (Phi) is 3.77. The second-order valence-electron chi connectivity index (χ2n) is 6.71. The number of carbonyl (C=O) groups excluding carboxylic acids is 1. The van der Waals surface area contributed by atoms with E-state index >= 15 is 0 Å².